The summed E-state index contributed by atoms with van der Waals surface area (Å²) in [4.78, 5) is 5.22. The maximum absolute atomic E-state index is 4.06. The number of thiazole rings is 1. The minimum absolute atomic E-state index is 1.09. The lowest BCUT2D eigenvalue weighted by atomic mass is 10.2. The minimum atomic E-state index is 1.09. The summed E-state index contributed by atoms with van der Waals surface area (Å²) in [5, 5.41) is 0. The summed E-state index contributed by atoms with van der Waals surface area (Å²) >= 11 is 8.67. The first kappa shape index (κ1) is 9.37. The predicted octanol–water partition coefficient (Wildman–Crippen LogP) is 4.34. The Balaban J connectivity index is 2.64. The Bertz CT molecular complexity index is 391. The van der Waals surface area contributed by atoms with Gasteiger partial charge in [0.05, 0.1) is 10.4 Å². The molecule has 1 heterocycles. The number of hydrogen-bond donors (Lipinski definition) is 0. The van der Waals surface area contributed by atoms with Gasteiger partial charge in [0.15, 0.2) is 0 Å². The van der Waals surface area contributed by atoms with Gasteiger partial charge in [-0.15, -0.1) is 11.3 Å². The van der Waals surface area contributed by atoms with Crippen LogP contribution in [0.1, 0.15) is 0 Å². The molecule has 2 aromatic rings. The van der Waals surface area contributed by atoms with E-state index in [0.717, 1.165) is 8.95 Å². The van der Waals surface area contributed by atoms with Crippen LogP contribution in [0.25, 0.3) is 10.4 Å². The van der Waals surface area contributed by atoms with Crippen molar-refractivity contribution in [3.05, 3.63) is 38.9 Å². The second-order valence-corrected chi connectivity index (χ2v) is 5.06. The van der Waals surface area contributed by atoms with Crippen molar-refractivity contribution >= 4 is 43.2 Å². The molecule has 2 rings (SSSR count). The van der Waals surface area contributed by atoms with Gasteiger partial charge in [-0.1, -0.05) is 37.9 Å². The van der Waals surface area contributed by atoms with Crippen molar-refractivity contribution in [2.75, 3.05) is 0 Å². The average Bonchev–Trinajstić information content (AvgIpc) is 2.57. The van der Waals surface area contributed by atoms with Crippen LogP contribution in [0, 0.1) is 0 Å². The number of nitrogens with zero attached hydrogens (tertiary/aromatic N) is 1. The molecule has 0 unspecified atom stereocenters. The van der Waals surface area contributed by atoms with Gasteiger partial charge in [-0.2, -0.15) is 0 Å². The van der Waals surface area contributed by atoms with Crippen LogP contribution < -0.4 is 0 Å². The molecule has 13 heavy (non-hydrogen) atoms. The summed E-state index contributed by atoms with van der Waals surface area (Å²) in [6.07, 6.45) is 1.87. The van der Waals surface area contributed by atoms with Crippen molar-refractivity contribution in [2.45, 2.75) is 0 Å². The van der Waals surface area contributed by atoms with E-state index >= 15 is 0 Å². The topological polar surface area (TPSA) is 12.9 Å². The fourth-order valence-electron chi connectivity index (χ4n) is 1.07. The van der Waals surface area contributed by atoms with E-state index in [1.54, 1.807) is 11.3 Å². The molecule has 0 saturated carbocycles. The minimum Gasteiger partial charge on any atom is -0.252 e. The highest BCUT2D eigenvalue weighted by atomic mass is 79.9. The van der Waals surface area contributed by atoms with E-state index < -0.39 is 0 Å². The molecule has 0 amide bonds. The van der Waals surface area contributed by atoms with Crippen molar-refractivity contribution in [3.63, 3.8) is 0 Å². The third-order valence-corrected chi connectivity index (χ3v) is 3.75. The van der Waals surface area contributed by atoms with Gasteiger partial charge in [-0.05, 0) is 12.1 Å². The smallest absolute Gasteiger partial charge is 0.0797 e. The van der Waals surface area contributed by atoms with Gasteiger partial charge in [0.2, 0.25) is 0 Å². The molecule has 0 aliphatic carbocycles. The first-order chi connectivity index (χ1) is 6.29. The van der Waals surface area contributed by atoms with Gasteiger partial charge in [0.25, 0.3) is 0 Å². The molecule has 0 aliphatic heterocycles. The summed E-state index contributed by atoms with van der Waals surface area (Å²) in [6.45, 7) is 0. The van der Waals surface area contributed by atoms with Crippen LogP contribution in [-0.2, 0) is 0 Å². The Labute approximate surface area is 97.1 Å². The van der Waals surface area contributed by atoms with Crippen LogP contribution >= 0.6 is 43.2 Å². The van der Waals surface area contributed by atoms with Gasteiger partial charge in [-0.25, -0.2) is 0 Å². The Morgan fingerprint density at radius 1 is 1.15 bits per heavy atom. The second-order valence-electron chi connectivity index (χ2n) is 2.46. The highest BCUT2D eigenvalue weighted by Gasteiger charge is 2.07. The average molecular weight is 319 g/mol. The summed E-state index contributed by atoms with van der Waals surface area (Å²) in [5.74, 6) is 0. The zero-order valence-corrected chi connectivity index (χ0v) is 10.5. The van der Waals surface area contributed by atoms with Gasteiger partial charge in [-0.3, -0.25) is 4.98 Å². The Hall–Kier alpha value is -0.190. The van der Waals surface area contributed by atoms with E-state index in [2.05, 4.69) is 36.8 Å². The molecule has 1 nitrogen and oxygen atoms in total. The van der Waals surface area contributed by atoms with E-state index in [9.17, 15) is 0 Å². The highest BCUT2D eigenvalue weighted by Crippen LogP contribution is 2.36. The fraction of sp³-hybridized carbons (Fsp3) is 0. The third kappa shape index (κ3) is 1.85. The molecule has 0 radical (unpaired) electrons. The summed E-state index contributed by atoms with van der Waals surface area (Å²) in [6, 6.07) is 6.05. The molecule has 0 fully saturated rings. The maximum atomic E-state index is 4.06. The van der Waals surface area contributed by atoms with Crippen molar-refractivity contribution < 1.29 is 0 Å². The van der Waals surface area contributed by atoms with Crippen LogP contribution in [-0.4, -0.2) is 4.98 Å². The van der Waals surface area contributed by atoms with E-state index in [1.165, 1.54) is 10.4 Å². The number of benzene rings is 1. The Morgan fingerprint density at radius 3 is 2.38 bits per heavy atom. The molecular weight excluding hydrogens is 314 g/mol. The standard InChI is InChI=1S/C9H5Br2NS/c10-6-2-1-3-7(11)9(6)8-4-12-5-13-8/h1-5H. The highest BCUT2D eigenvalue weighted by molar-refractivity contribution is 9.11. The fourth-order valence-corrected chi connectivity index (χ4v) is 3.46. The van der Waals surface area contributed by atoms with Crippen LogP contribution in [0.5, 0.6) is 0 Å². The van der Waals surface area contributed by atoms with Crippen molar-refractivity contribution in [1.29, 1.82) is 0 Å². The Morgan fingerprint density at radius 2 is 1.85 bits per heavy atom. The number of hydrogen-bond acceptors (Lipinski definition) is 2. The molecule has 0 bridgehead atoms. The molecule has 66 valence electrons. The van der Waals surface area contributed by atoms with Crippen molar-refractivity contribution in [1.82, 2.24) is 4.98 Å². The zero-order valence-electron chi connectivity index (χ0n) is 6.50. The first-order valence-electron chi connectivity index (χ1n) is 3.62. The largest absolute Gasteiger partial charge is 0.252 e. The molecule has 0 atom stereocenters. The molecule has 0 spiro atoms. The maximum Gasteiger partial charge on any atom is 0.0797 e. The summed E-state index contributed by atoms with van der Waals surface area (Å²) in [5.41, 5.74) is 3.01. The summed E-state index contributed by atoms with van der Waals surface area (Å²) in [7, 11) is 0. The van der Waals surface area contributed by atoms with Gasteiger partial charge < -0.3 is 0 Å². The zero-order chi connectivity index (χ0) is 9.26. The quantitative estimate of drug-likeness (QED) is 0.762. The molecular formula is C9H5Br2NS. The van der Waals surface area contributed by atoms with E-state index in [0.29, 0.717) is 0 Å². The molecule has 1 aromatic heterocycles. The van der Waals surface area contributed by atoms with E-state index in [1.807, 2.05) is 29.9 Å². The normalized spacial score (nSPS) is 10.3. The van der Waals surface area contributed by atoms with E-state index in [4.69, 9.17) is 0 Å². The molecule has 0 saturated heterocycles. The van der Waals surface area contributed by atoms with Crippen molar-refractivity contribution in [3.8, 4) is 10.4 Å². The number of aromatic nitrogens is 1. The lowest BCUT2D eigenvalue weighted by Gasteiger charge is -2.02. The van der Waals surface area contributed by atoms with Gasteiger partial charge >= 0.3 is 0 Å². The lowest BCUT2D eigenvalue weighted by Crippen LogP contribution is -1.77. The van der Waals surface area contributed by atoms with Gasteiger partial charge in [0.1, 0.15) is 0 Å². The van der Waals surface area contributed by atoms with Crippen molar-refractivity contribution in [2.24, 2.45) is 0 Å². The molecule has 1 aromatic carbocycles. The third-order valence-electron chi connectivity index (χ3n) is 1.64. The molecule has 4 heteroatoms. The lowest BCUT2D eigenvalue weighted by molar-refractivity contribution is 1.42. The SMILES string of the molecule is Brc1cccc(Br)c1-c1cncs1. The monoisotopic (exact) mass is 317 g/mol. The predicted molar refractivity (Wildman–Crippen MR) is 63.0 cm³/mol. The second kappa shape index (κ2) is 3.90. The van der Waals surface area contributed by atoms with Gasteiger partial charge in [0, 0.05) is 20.7 Å². The van der Waals surface area contributed by atoms with E-state index in [-0.39, 0.29) is 0 Å². The Kier molecular flexibility index (Phi) is 2.81. The van der Waals surface area contributed by atoms with Crippen LogP contribution in [0.3, 0.4) is 0 Å². The van der Waals surface area contributed by atoms with Crippen LogP contribution in [0.4, 0.5) is 0 Å². The van der Waals surface area contributed by atoms with Crippen LogP contribution in [0.15, 0.2) is 38.9 Å². The number of rotatable bonds is 1. The summed E-state index contributed by atoms with van der Waals surface area (Å²) < 4.78 is 2.18. The van der Waals surface area contributed by atoms with Crippen LogP contribution in [0.2, 0.25) is 0 Å². The number of halogens is 2. The molecule has 0 aliphatic rings. The molecule has 0 N–H and O–H groups in total. The first-order valence-corrected chi connectivity index (χ1v) is 6.08.